The third-order valence-corrected chi connectivity index (χ3v) is 5.16. The molecule has 0 bridgehead atoms. The molecule has 0 aromatic carbocycles. The van der Waals surface area contributed by atoms with Crippen molar-refractivity contribution in [1.29, 1.82) is 0 Å². The molecule has 7 heteroatoms. The van der Waals surface area contributed by atoms with Crippen LogP contribution in [0.5, 0.6) is 0 Å². The molecule has 1 aliphatic heterocycles. The summed E-state index contributed by atoms with van der Waals surface area (Å²) in [5.41, 5.74) is 2.85. The Labute approximate surface area is 140 Å². The van der Waals surface area contributed by atoms with Gasteiger partial charge in [0.15, 0.2) is 5.65 Å². The number of aromatic amines is 1. The van der Waals surface area contributed by atoms with Gasteiger partial charge in [0, 0.05) is 31.7 Å². The van der Waals surface area contributed by atoms with E-state index in [9.17, 15) is 14.7 Å². The largest absolute Gasteiger partial charge is 0.393 e. The monoisotopic (exact) mass is 332 g/mol. The van der Waals surface area contributed by atoms with Gasteiger partial charge >= 0.3 is 0 Å². The highest BCUT2D eigenvalue weighted by atomic mass is 16.3. The molecule has 2 unspecified atom stereocenters. The average Bonchev–Trinajstić information content (AvgIpc) is 3.09. The number of nitrogens with one attached hydrogen (secondary N) is 1. The summed E-state index contributed by atoms with van der Waals surface area (Å²) in [6, 6.07) is 0. The number of aliphatic hydroxyl groups is 1. The van der Waals surface area contributed by atoms with Gasteiger partial charge in [-0.15, -0.1) is 0 Å². The number of aryl methyl sites for hydroxylation is 3. The normalized spacial score (nSPS) is 19.2. The lowest BCUT2D eigenvalue weighted by Gasteiger charge is -2.19. The van der Waals surface area contributed by atoms with Gasteiger partial charge in [-0.05, 0) is 38.3 Å². The molecule has 0 spiro atoms. The Balaban J connectivity index is 1.89. The SMILES string of the molecule is Cc1nc2c(c(C)c1CC(=O)N1CCC(C(C)O)C1)c(=O)[nH]n2C. The second kappa shape index (κ2) is 6.05. The van der Waals surface area contributed by atoms with Gasteiger partial charge in [-0.3, -0.25) is 19.4 Å². The molecule has 2 atom stereocenters. The predicted molar refractivity (Wildman–Crippen MR) is 90.9 cm³/mol. The number of aliphatic hydroxyl groups excluding tert-OH is 1. The van der Waals surface area contributed by atoms with Crippen molar-refractivity contribution >= 4 is 16.9 Å². The topological polar surface area (TPSA) is 91.2 Å². The fraction of sp³-hybridized carbons (Fsp3) is 0.588. The molecule has 0 saturated carbocycles. The molecule has 0 aliphatic carbocycles. The van der Waals surface area contributed by atoms with E-state index in [1.807, 2.05) is 13.8 Å². The van der Waals surface area contributed by atoms with E-state index in [0.717, 1.165) is 23.2 Å². The van der Waals surface area contributed by atoms with E-state index >= 15 is 0 Å². The number of amides is 1. The number of fused-ring (bicyclic) bond motifs is 1. The maximum absolute atomic E-state index is 12.6. The number of aromatic nitrogens is 3. The standard InChI is InChI=1S/C17H24N4O3/c1-9-13(7-14(23)21-6-5-12(8-21)11(3)22)10(2)18-16-15(9)17(24)19-20(16)4/h11-12,22H,5-8H2,1-4H3,(H,19,24). The van der Waals surface area contributed by atoms with E-state index in [1.165, 1.54) is 0 Å². The fourth-order valence-electron chi connectivity index (χ4n) is 3.58. The summed E-state index contributed by atoms with van der Waals surface area (Å²) in [4.78, 5) is 31.0. The Kier molecular flexibility index (Phi) is 4.21. The summed E-state index contributed by atoms with van der Waals surface area (Å²) in [5.74, 6) is 0.173. The van der Waals surface area contributed by atoms with E-state index in [-0.39, 0.29) is 23.8 Å². The molecular weight excluding hydrogens is 308 g/mol. The highest BCUT2D eigenvalue weighted by Crippen LogP contribution is 2.24. The van der Waals surface area contributed by atoms with Crippen LogP contribution in [0.3, 0.4) is 0 Å². The van der Waals surface area contributed by atoms with Gasteiger partial charge in [-0.25, -0.2) is 4.98 Å². The second-order valence-corrected chi connectivity index (χ2v) is 6.81. The van der Waals surface area contributed by atoms with Crippen LogP contribution in [0, 0.1) is 19.8 Å². The molecule has 7 nitrogen and oxygen atoms in total. The first-order chi connectivity index (χ1) is 11.3. The van der Waals surface area contributed by atoms with E-state index in [1.54, 1.807) is 23.6 Å². The van der Waals surface area contributed by atoms with Crippen LogP contribution in [-0.2, 0) is 18.3 Å². The van der Waals surface area contributed by atoms with Gasteiger partial charge in [0.05, 0.1) is 17.9 Å². The highest BCUT2D eigenvalue weighted by Gasteiger charge is 2.29. The molecule has 2 aromatic heterocycles. The number of nitrogens with zero attached hydrogens (tertiary/aromatic N) is 3. The lowest BCUT2D eigenvalue weighted by atomic mass is 10.0. The Morgan fingerprint density at radius 3 is 2.79 bits per heavy atom. The summed E-state index contributed by atoms with van der Waals surface area (Å²) in [7, 11) is 1.75. The van der Waals surface area contributed by atoms with Crippen molar-refractivity contribution in [3.8, 4) is 0 Å². The van der Waals surface area contributed by atoms with Crippen LogP contribution in [0.25, 0.3) is 11.0 Å². The number of rotatable bonds is 3. The molecule has 1 amide bonds. The van der Waals surface area contributed by atoms with Crippen molar-refractivity contribution in [2.45, 2.75) is 39.7 Å². The van der Waals surface area contributed by atoms with Gasteiger partial charge in [0.2, 0.25) is 5.91 Å². The summed E-state index contributed by atoms with van der Waals surface area (Å²) in [5, 5.41) is 13.0. The van der Waals surface area contributed by atoms with Crippen molar-refractivity contribution in [2.24, 2.45) is 13.0 Å². The number of hydrogen-bond donors (Lipinski definition) is 2. The number of hydrogen-bond acceptors (Lipinski definition) is 4. The maximum Gasteiger partial charge on any atom is 0.273 e. The van der Waals surface area contributed by atoms with Crippen LogP contribution in [-0.4, -0.2) is 49.9 Å². The number of pyridine rings is 1. The number of H-pyrrole nitrogens is 1. The number of likely N-dealkylation sites (tertiary alicyclic amines) is 1. The zero-order valence-electron chi connectivity index (χ0n) is 14.6. The van der Waals surface area contributed by atoms with Gasteiger partial charge < -0.3 is 10.0 Å². The smallest absolute Gasteiger partial charge is 0.273 e. The van der Waals surface area contributed by atoms with Crippen molar-refractivity contribution in [1.82, 2.24) is 19.7 Å². The Morgan fingerprint density at radius 2 is 2.17 bits per heavy atom. The molecule has 1 aliphatic rings. The minimum Gasteiger partial charge on any atom is -0.393 e. The zero-order valence-corrected chi connectivity index (χ0v) is 14.6. The first-order valence-electron chi connectivity index (χ1n) is 8.30. The van der Waals surface area contributed by atoms with E-state index in [4.69, 9.17) is 0 Å². The van der Waals surface area contributed by atoms with Crippen LogP contribution in [0.2, 0.25) is 0 Å². The molecular formula is C17H24N4O3. The Bertz CT molecular complexity index is 850. The minimum absolute atomic E-state index is 0.0258. The first kappa shape index (κ1) is 16.7. The van der Waals surface area contributed by atoms with Crippen LogP contribution in [0.4, 0.5) is 0 Å². The molecule has 2 aromatic rings. The van der Waals surface area contributed by atoms with Crippen molar-refractivity contribution in [3.63, 3.8) is 0 Å². The van der Waals surface area contributed by atoms with Gasteiger partial charge in [0.1, 0.15) is 0 Å². The Hall–Kier alpha value is -2.15. The third-order valence-electron chi connectivity index (χ3n) is 5.16. The minimum atomic E-state index is -0.396. The molecule has 2 N–H and O–H groups in total. The van der Waals surface area contributed by atoms with Gasteiger partial charge in [-0.2, -0.15) is 0 Å². The molecule has 3 rings (SSSR count). The average molecular weight is 332 g/mol. The van der Waals surface area contributed by atoms with Gasteiger partial charge in [-0.1, -0.05) is 0 Å². The summed E-state index contributed by atoms with van der Waals surface area (Å²) >= 11 is 0. The van der Waals surface area contributed by atoms with E-state index in [0.29, 0.717) is 24.1 Å². The zero-order chi connectivity index (χ0) is 17.6. The van der Waals surface area contributed by atoms with E-state index in [2.05, 4.69) is 10.1 Å². The van der Waals surface area contributed by atoms with Crippen LogP contribution >= 0.6 is 0 Å². The molecule has 130 valence electrons. The number of carbonyl (C=O) groups excluding carboxylic acids is 1. The molecule has 1 fully saturated rings. The van der Waals surface area contributed by atoms with Crippen LogP contribution in [0.15, 0.2) is 4.79 Å². The summed E-state index contributed by atoms with van der Waals surface area (Å²) < 4.78 is 1.61. The van der Waals surface area contributed by atoms with Crippen molar-refractivity contribution < 1.29 is 9.90 Å². The highest BCUT2D eigenvalue weighted by molar-refractivity contribution is 5.84. The number of carbonyl (C=O) groups is 1. The van der Waals surface area contributed by atoms with Crippen LogP contribution < -0.4 is 5.56 Å². The predicted octanol–water partition coefficient (Wildman–Crippen LogP) is 0.650. The lowest BCUT2D eigenvalue weighted by Crippen LogP contribution is -2.32. The molecule has 3 heterocycles. The Morgan fingerprint density at radius 1 is 1.46 bits per heavy atom. The molecule has 1 saturated heterocycles. The quantitative estimate of drug-likeness (QED) is 0.863. The fourth-order valence-corrected chi connectivity index (χ4v) is 3.58. The first-order valence-corrected chi connectivity index (χ1v) is 8.30. The van der Waals surface area contributed by atoms with Crippen molar-refractivity contribution in [3.05, 3.63) is 27.2 Å². The van der Waals surface area contributed by atoms with Crippen LogP contribution in [0.1, 0.15) is 30.2 Å². The second-order valence-electron chi connectivity index (χ2n) is 6.81. The molecule has 0 radical (unpaired) electrons. The summed E-state index contributed by atoms with van der Waals surface area (Å²) in [6.45, 7) is 6.78. The van der Waals surface area contributed by atoms with Crippen molar-refractivity contribution in [2.75, 3.05) is 13.1 Å². The lowest BCUT2D eigenvalue weighted by molar-refractivity contribution is -0.129. The third kappa shape index (κ3) is 2.73. The molecule has 24 heavy (non-hydrogen) atoms. The van der Waals surface area contributed by atoms with E-state index < -0.39 is 6.10 Å². The summed E-state index contributed by atoms with van der Waals surface area (Å²) in [6.07, 6.45) is 0.672. The maximum atomic E-state index is 12.6. The van der Waals surface area contributed by atoms with Gasteiger partial charge in [0.25, 0.3) is 5.56 Å².